The van der Waals surface area contributed by atoms with Gasteiger partial charge in [0, 0.05) is 22.5 Å². The number of carbonyl (C=O) groups is 1. The number of benzene rings is 2. The molecule has 0 aliphatic carbocycles. The van der Waals surface area contributed by atoms with Crippen molar-refractivity contribution in [2.75, 3.05) is 11.1 Å². The van der Waals surface area contributed by atoms with Crippen molar-refractivity contribution in [2.24, 2.45) is 0 Å². The Labute approximate surface area is 152 Å². The van der Waals surface area contributed by atoms with E-state index >= 15 is 0 Å². The number of aromatic nitrogens is 2. The highest BCUT2D eigenvalue weighted by atomic mass is 32.2. The SMILES string of the molecule is CCCc1cc(C)nc(SCC(=O)Nc2cccc3ccccc23)n1. The fourth-order valence-electron chi connectivity index (χ4n) is 2.70. The minimum atomic E-state index is -0.0523. The second-order valence-corrected chi connectivity index (χ2v) is 6.84. The molecule has 3 aromatic rings. The summed E-state index contributed by atoms with van der Waals surface area (Å²) in [5.74, 6) is 0.238. The lowest BCUT2D eigenvalue weighted by Crippen LogP contribution is -2.14. The van der Waals surface area contributed by atoms with Crippen molar-refractivity contribution >= 4 is 34.1 Å². The van der Waals surface area contributed by atoms with Crippen molar-refractivity contribution in [3.05, 3.63) is 59.9 Å². The molecule has 0 atom stereocenters. The molecule has 25 heavy (non-hydrogen) atoms. The van der Waals surface area contributed by atoms with Crippen molar-refractivity contribution in [1.82, 2.24) is 9.97 Å². The summed E-state index contributed by atoms with van der Waals surface area (Å²) in [6.07, 6.45) is 1.97. The molecule has 4 nitrogen and oxygen atoms in total. The van der Waals surface area contributed by atoms with Crippen LogP contribution in [0.4, 0.5) is 5.69 Å². The Bertz CT molecular complexity index is 890. The minimum absolute atomic E-state index is 0.0523. The number of aryl methyl sites for hydroxylation is 2. The van der Waals surface area contributed by atoms with Crippen molar-refractivity contribution in [2.45, 2.75) is 31.8 Å². The van der Waals surface area contributed by atoms with Crippen LogP contribution in [-0.4, -0.2) is 21.6 Å². The van der Waals surface area contributed by atoms with Gasteiger partial charge in [-0.3, -0.25) is 4.79 Å². The third-order valence-corrected chi connectivity index (χ3v) is 4.64. The van der Waals surface area contributed by atoms with Crippen LogP contribution < -0.4 is 5.32 Å². The summed E-state index contributed by atoms with van der Waals surface area (Å²) < 4.78 is 0. The molecule has 0 aliphatic rings. The minimum Gasteiger partial charge on any atom is -0.325 e. The molecule has 0 aliphatic heterocycles. The molecule has 2 aromatic carbocycles. The Morgan fingerprint density at radius 1 is 1.12 bits per heavy atom. The van der Waals surface area contributed by atoms with Gasteiger partial charge in [0.05, 0.1) is 5.75 Å². The maximum absolute atomic E-state index is 12.3. The first kappa shape index (κ1) is 17.4. The van der Waals surface area contributed by atoms with E-state index in [1.165, 1.54) is 11.8 Å². The molecule has 128 valence electrons. The number of fused-ring (bicyclic) bond motifs is 1. The van der Waals surface area contributed by atoms with E-state index in [2.05, 4.69) is 22.2 Å². The van der Waals surface area contributed by atoms with E-state index in [9.17, 15) is 4.79 Å². The monoisotopic (exact) mass is 351 g/mol. The van der Waals surface area contributed by atoms with Crippen molar-refractivity contribution in [3.63, 3.8) is 0 Å². The highest BCUT2D eigenvalue weighted by Crippen LogP contribution is 2.23. The summed E-state index contributed by atoms with van der Waals surface area (Å²) in [4.78, 5) is 21.3. The lowest BCUT2D eigenvalue weighted by Gasteiger charge is -2.09. The fraction of sp³-hybridized carbons (Fsp3) is 0.250. The van der Waals surface area contributed by atoms with E-state index in [0.29, 0.717) is 5.16 Å². The van der Waals surface area contributed by atoms with Gasteiger partial charge in [-0.15, -0.1) is 0 Å². The Hall–Kier alpha value is -2.40. The maximum atomic E-state index is 12.3. The highest BCUT2D eigenvalue weighted by Gasteiger charge is 2.09. The summed E-state index contributed by atoms with van der Waals surface area (Å²) in [6, 6.07) is 15.9. The topological polar surface area (TPSA) is 54.9 Å². The van der Waals surface area contributed by atoms with E-state index in [1.54, 1.807) is 0 Å². The molecule has 0 bridgehead atoms. The van der Waals surface area contributed by atoms with Gasteiger partial charge in [0.25, 0.3) is 0 Å². The molecule has 0 saturated heterocycles. The van der Waals surface area contributed by atoms with Crippen LogP contribution in [0.15, 0.2) is 53.7 Å². The number of thioether (sulfide) groups is 1. The number of carbonyl (C=O) groups excluding carboxylic acids is 1. The normalized spacial score (nSPS) is 10.8. The summed E-state index contributed by atoms with van der Waals surface area (Å²) >= 11 is 1.37. The standard InChI is InChI=1S/C20H21N3OS/c1-3-7-16-12-14(2)21-20(22-16)25-13-19(24)23-18-11-6-9-15-8-4-5-10-17(15)18/h4-6,8-12H,3,7,13H2,1-2H3,(H,23,24). The number of nitrogens with zero attached hydrogens (tertiary/aromatic N) is 2. The Morgan fingerprint density at radius 3 is 2.76 bits per heavy atom. The van der Waals surface area contributed by atoms with Gasteiger partial charge >= 0.3 is 0 Å². The van der Waals surface area contributed by atoms with Gasteiger partial charge in [-0.25, -0.2) is 9.97 Å². The second kappa shape index (κ2) is 8.12. The maximum Gasteiger partial charge on any atom is 0.234 e. The predicted molar refractivity (Wildman–Crippen MR) is 104 cm³/mol. The largest absolute Gasteiger partial charge is 0.325 e. The first-order valence-electron chi connectivity index (χ1n) is 8.40. The van der Waals surface area contributed by atoms with Crippen LogP contribution in [-0.2, 0) is 11.2 Å². The number of nitrogens with one attached hydrogen (secondary N) is 1. The van der Waals surface area contributed by atoms with E-state index in [-0.39, 0.29) is 11.7 Å². The molecule has 3 rings (SSSR count). The van der Waals surface area contributed by atoms with E-state index in [0.717, 1.165) is 40.7 Å². The highest BCUT2D eigenvalue weighted by molar-refractivity contribution is 7.99. The molecular formula is C20H21N3OS. The number of hydrogen-bond acceptors (Lipinski definition) is 4. The zero-order valence-corrected chi connectivity index (χ0v) is 15.3. The van der Waals surface area contributed by atoms with Crippen LogP contribution in [0.3, 0.4) is 0 Å². The van der Waals surface area contributed by atoms with Gasteiger partial charge in [0.15, 0.2) is 5.16 Å². The summed E-state index contributed by atoms with van der Waals surface area (Å²) in [5.41, 5.74) is 2.81. The van der Waals surface area contributed by atoms with Gasteiger partial charge in [0.1, 0.15) is 0 Å². The molecule has 0 saturated carbocycles. The Balaban J connectivity index is 1.67. The fourth-order valence-corrected chi connectivity index (χ4v) is 3.43. The van der Waals surface area contributed by atoms with Gasteiger partial charge in [-0.2, -0.15) is 0 Å². The molecule has 1 heterocycles. The average Bonchev–Trinajstić information content (AvgIpc) is 2.60. The average molecular weight is 351 g/mol. The Kier molecular flexibility index (Phi) is 5.66. The summed E-state index contributed by atoms with van der Waals surface area (Å²) in [7, 11) is 0. The third kappa shape index (κ3) is 4.57. The lowest BCUT2D eigenvalue weighted by atomic mass is 10.1. The van der Waals surface area contributed by atoms with Crippen LogP contribution in [0.25, 0.3) is 10.8 Å². The van der Waals surface area contributed by atoms with Crippen LogP contribution in [0.5, 0.6) is 0 Å². The van der Waals surface area contributed by atoms with Gasteiger partial charge in [-0.05, 0) is 30.9 Å². The molecule has 0 fully saturated rings. The van der Waals surface area contributed by atoms with E-state index < -0.39 is 0 Å². The number of rotatable bonds is 6. The van der Waals surface area contributed by atoms with Crippen LogP contribution in [0.2, 0.25) is 0 Å². The van der Waals surface area contributed by atoms with Gasteiger partial charge < -0.3 is 5.32 Å². The van der Waals surface area contributed by atoms with Crippen LogP contribution >= 0.6 is 11.8 Å². The van der Waals surface area contributed by atoms with Crippen LogP contribution in [0.1, 0.15) is 24.7 Å². The molecule has 0 radical (unpaired) electrons. The summed E-state index contributed by atoms with van der Waals surface area (Å²) in [6.45, 7) is 4.09. The first-order valence-corrected chi connectivity index (χ1v) is 9.39. The van der Waals surface area contributed by atoms with Gasteiger partial charge in [0.2, 0.25) is 5.91 Å². The zero-order chi connectivity index (χ0) is 17.6. The molecular weight excluding hydrogens is 330 g/mol. The molecule has 1 N–H and O–H groups in total. The van der Waals surface area contributed by atoms with Crippen molar-refractivity contribution < 1.29 is 4.79 Å². The molecule has 1 amide bonds. The smallest absolute Gasteiger partial charge is 0.234 e. The van der Waals surface area contributed by atoms with Gasteiger partial charge in [-0.1, -0.05) is 61.5 Å². The predicted octanol–water partition coefficient (Wildman–Crippen LogP) is 4.62. The van der Waals surface area contributed by atoms with E-state index in [1.807, 2.05) is 55.5 Å². The molecule has 5 heteroatoms. The number of anilines is 1. The number of hydrogen-bond donors (Lipinski definition) is 1. The van der Waals surface area contributed by atoms with Crippen LogP contribution in [0, 0.1) is 6.92 Å². The molecule has 0 spiro atoms. The molecule has 1 aromatic heterocycles. The second-order valence-electron chi connectivity index (χ2n) is 5.90. The lowest BCUT2D eigenvalue weighted by molar-refractivity contribution is -0.113. The Morgan fingerprint density at radius 2 is 1.92 bits per heavy atom. The molecule has 0 unspecified atom stereocenters. The first-order chi connectivity index (χ1) is 12.2. The van der Waals surface area contributed by atoms with E-state index in [4.69, 9.17) is 0 Å². The zero-order valence-electron chi connectivity index (χ0n) is 14.5. The quantitative estimate of drug-likeness (QED) is 0.520. The van der Waals surface area contributed by atoms with Crippen molar-refractivity contribution in [1.29, 1.82) is 0 Å². The van der Waals surface area contributed by atoms with Crippen molar-refractivity contribution in [3.8, 4) is 0 Å². The third-order valence-electron chi connectivity index (χ3n) is 3.79. The summed E-state index contributed by atoms with van der Waals surface area (Å²) in [5, 5.41) is 5.81. The number of amides is 1.